The zero-order valence-electron chi connectivity index (χ0n) is 12.3. The van der Waals surface area contributed by atoms with Crippen LogP contribution in [-0.4, -0.2) is 26.5 Å². The second kappa shape index (κ2) is 5.86. The standard InChI is InChI=1S/C16H27N3O/c17-13-6-9-16(20,10-7-13)12-14-8-11-19(18-14)15-4-2-1-3-5-15/h8,11,13,15,20H,1-7,9-10,12,17H2. The molecular formula is C16H27N3O. The van der Waals surface area contributed by atoms with Crippen LogP contribution < -0.4 is 5.73 Å². The Morgan fingerprint density at radius 2 is 1.90 bits per heavy atom. The van der Waals surface area contributed by atoms with E-state index >= 15 is 0 Å². The third kappa shape index (κ3) is 3.23. The molecule has 112 valence electrons. The molecule has 0 saturated heterocycles. The van der Waals surface area contributed by atoms with Crippen molar-refractivity contribution in [2.75, 3.05) is 0 Å². The summed E-state index contributed by atoms with van der Waals surface area (Å²) in [6.07, 6.45) is 12.8. The van der Waals surface area contributed by atoms with Gasteiger partial charge in [0.05, 0.1) is 17.3 Å². The third-order valence-corrected chi connectivity index (χ3v) is 5.08. The summed E-state index contributed by atoms with van der Waals surface area (Å²) in [4.78, 5) is 0. The highest BCUT2D eigenvalue weighted by Crippen LogP contribution is 2.31. The lowest BCUT2D eigenvalue weighted by Gasteiger charge is -2.34. The highest BCUT2D eigenvalue weighted by molar-refractivity contribution is 5.06. The predicted molar refractivity (Wildman–Crippen MR) is 79.4 cm³/mol. The molecule has 1 aromatic heterocycles. The Labute approximate surface area is 121 Å². The highest BCUT2D eigenvalue weighted by atomic mass is 16.3. The lowest BCUT2D eigenvalue weighted by atomic mass is 9.80. The normalized spacial score (nSPS) is 32.4. The Bertz CT molecular complexity index is 429. The zero-order valence-corrected chi connectivity index (χ0v) is 12.3. The summed E-state index contributed by atoms with van der Waals surface area (Å²) in [5.41, 5.74) is 6.37. The van der Waals surface area contributed by atoms with E-state index in [1.165, 1.54) is 32.1 Å². The van der Waals surface area contributed by atoms with Crippen LogP contribution in [0, 0.1) is 0 Å². The van der Waals surface area contributed by atoms with Crippen molar-refractivity contribution in [3.05, 3.63) is 18.0 Å². The fourth-order valence-electron chi connectivity index (χ4n) is 3.71. The summed E-state index contributed by atoms with van der Waals surface area (Å²) in [7, 11) is 0. The van der Waals surface area contributed by atoms with Crippen LogP contribution in [0.4, 0.5) is 0 Å². The molecule has 4 nitrogen and oxygen atoms in total. The van der Waals surface area contributed by atoms with E-state index in [0.717, 1.165) is 31.4 Å². The average molecular weight is 277 g/mol. The average Bonchev–Trinajstić information content (AvgIpc) is 2.92. The molecule has 0 radical (unpaired) electrons. The number of hydrogen-bond acceptors (Lipinski definition) is 3. The molecule has 1 aromatic rings. The SMILES string of the molecule is NC1CCC(O)(Cc2ccn(C3CCCCC3)n2)CC1. The van der Waals surface area contributed by atoms with Gasteiger partial charge in [0.25, 0.3) is 0 Å². The fourth-order valence-corrected chi connectivity index (χ4v) is 3.71. The van der Waals surface area contributed by atoms with Crippen molar-refractivity contribution in [1.82, 2.24) is 9.78 Å². The second-order valence-electron chi connectivity index (χ2n) is 6.82. The van der Waals surface area contributed by atoms with Crippen LogP contribution >= 0.6 is 0 Å². The molecule has 3 rings (SSSR count). The number of nitrogens with two attached hydrogens (primary N) is 1. The topological polar surface area (TPSA) is 64.1 Å². The van der Waals surface area contributed by atoms with Gasteiger partial charge in [-0.2, -0.15) is 5.10 Å². The van der Waals surface area contributed by atoms with Crippen LogP contribution in [0.3, 0.4) is 0 Å². The van der Waals surface area contributed by atoms with Gasteiger partial charge in [-0.15, -0.1) is 0 Å². The van der Waals surface area contributed by atoms with Gasteiger partial charge in [0, 0.05) is 18.7 Å². The largest absolute Gasteiger partial charge is 0.389 e. The van der Waals surface area contributed by atoms with E-state index < -0.39 is 5.60 Å². The van der Waals surface area contributed by atoms with Gasteiger partial charge < -0.3 is 10.8 Å². The molecule has 0 bridgehead atoms. The van der Waals surface area contributed by atoms with E-state index in [1.807, 2.05) is 0 Å². The minimum atomic E-state index is -0.582. The van der Waals surface area contributed by atoms with E-state index in [0.29, 0.717) is 12.5 Å². The summed E-state index contributed by atoms with van der Waals surface area (Å²) in [6, 6.07) is 2.93. The molecule has 0 unspecified atom stereocenters. The molecule has 0 aliphatic heterocycles. The first-order chi connectivity index (χ1) is 9.65. The van der Waals surface area contributed by atoms with Crippen molar-refractivity contribution in [2.24, 2.45) is 5.73 Å². The third-order valence-electron chi connectivity index (χ3n) is 5.08. The molecule has 4 heteroatoms. The Hall–Kier alpha value is -0.870. The Morgan fingerprint density at radius 3 is 2.60 bits per heavy atom. The number of rotatable bonds is 3. The molecule has 2 fully saturated rings. The van der Waals surface area contributed by atoms with Crippen molar-refractivity contribution >= 4 is 0 Å². The molecule has 2 saturated carbocycles. The lowest BCUT2D eigenvalue weighted by Crippen LogP contribution is -2.40. The molecule has 1 heterocycles. The van der Waals surface area contributed by atoms with E-state index in [1.54, 1.807) is 0 Å². The molecule has 0 atom stereocenters. The van der Waals surface area contributed by atoms with Crippen LogP contribution in [-0.2, 0) is 6.42 Å². The Morgan fingerprint density at radius 1 is 1.20 bits per heavy atom. The predicted octanol–water partition coefficient (Wildman–Crippen LogP) is 2.56. The summed E-state index contributed by atoms with van der Waals surface area (Å²) in [5.74, 6) is 0. The van der Waals surface area contributed by atoms with Crippen molar-refractivity contribution in [2.45, 2.75) is 81.9 Å². The summed E-state index contributed by atoms with van der Waals surface area (Å²) < 4.78 is 2.13. The number of aromatic nitrogens is 2. The summed E-state index contributed by atoms with van der Waals surface area (Å²) in [6.45, 7) is 0. The second-order valence-corrected chi connectivity index (χ2v) is 6.82. The molecular weight excluding hydrogens is 250 g/mol. The number of nitrogens with zero attached hydrogens (tertiary/aromatic N) is 2. The van der Waals surface area contributed by atoms with Crippen molar-refractivity contribution in [1.29, 1.82) is 0 Å². The van der Waals surface area contributed by atoms with Crippen LogP contribution in [0.2, 0.25) is 0 Å². The first-order valence-corrected chi connectivity index (χ1v) is 8.17. The number of aliphatic hydroxyl groups is 1. The van der Waals surface area contributed by atoms with Gasteiger partial charge in [-0.3, -0.25) is 4.68 Å². The monoisotopic (exact) mass is 277 g/mol. The molecule has 2 aliphatic rings. The molecule has 0 spiro atoms. The van der Waals surface area contributed by atoms with E-state index in [9.17, 15) is 5.11 Å². The number of hydrogen-bond donors (Lipinski definition) is 2. The zero-order chi connectivity index (χ0) is 14.0. The minimum Gasteiger partial charge on any atom is -0.389 e. The van der Waals surface area contributed by atoms with Crippen LogP contribution in [0.1, 0.15) is 69.5 Å². The van der Waals surface area contributed by atoms with E-state index in [4.69, 9.17) is 10.8 Å². The van der Waals surface area contributed by atoms with Gasteiger partial charge in [-0.05, 0) is 44.6 Å². The van der Waals surface area contributed by atoms with E-state index in [-0.39, 0.29) is 6.04 Å². The van der Waals surface area contributed by atoms with Crippen molar-refractivity contribution in [3.8, 4) is 0 Å². The van der Waals surface area contributed by atoms with Crippen LogP contribution in [0.25, 0.3) is 0 Å². The molecule has 0 aromatic carbocycles. The van der Waals surface area contributed by atoms with Gasteiger partial charge in [0.2, 0.25) is 0 Å². The van der Waals surface area contributed by atoms with E-state index in [2.05, 4.69) is 16.9 Å². The van der Waals surface area contributed by atoms with Crippen LogP contribution in [0.15, 0.2) is 12.3 Å². The maximum atomic E-state index is 10.7. The fraction of sp³-hybridized carbons (Fsp3) is 0.812. The molecule has 20 heavy (non-hydrogen) atoms. The molecule has 0 amide bonds. The van der Waals surface area contributed by atoms with Crippen molar-refractivity contribution in [3.63, 3.8) is 0 Å². The lowest BCUT2D eigenvalue weighted by molar-refractivity contribution is -0.000754. The van der Waals surface area contributed by atoms with Gasteiger partial charge in [0.15, 0.2) is 0 Å². The summed E-state index contributed by atoms with van der Waals surface area (Å²) >= 11 is 0. The van der Waals surface area contributed by atoms with Crippen LogP contribution in [0.5, 0.6) is 0 Å². The Kier molecular flexibility index (Phi) is 4.13. The maximum absolute atomic E-state index is 10.7. The maximum Gasteiger partial charge on any atom is 0.0704 e. The van der Waals surface area contributed by atoms with Gasteiger partial charge in [-0.1, -0.05) is 19.3 Å². The Balaban J connectivity index is 1.62. The quantitative estimate of drug-likeness (QED) is 0.892. The minimum absolute atomic E-state index is 0.273. The highest BCUT2D eigenvalue weighted by Gasteiger charge is 2.33. The van der Waals surface area contributed by atoms with Crippen molar-refractivity contribution < 1.29 is 5.11 Å². The first-order valence-electron chi connectivity index (χ1n) is 8.17. The molecule has 3 N–H and O–H groups in total. The summed E-state index contributed by atoms with van der Waals surface area (Å²) in [5, 5.41) is 15.4. The van der Waals surface area contributed by atoms with Gasteiger partial charge in [0.1, 0.15) is 0 Å². The van der Waals surface area contributed by atoms with Gasteiger partial charge in [-0.25, -0.2) is 0 Å². The molecule has 2 aliphatic carbocycles. The van der Waals surface area contributed by atoms with Gasteiger partial charge >= 0.3 is 0 Å². The first kappa shape index (κ1) is 14.1. The smallest absolute Gasteiger partial charge is 0.0704 e.